The molecule has 1 rings (SSSR count). The molecule has 1 radical (unpaired) electrons. The van der Waals surface area contributed by atoms with E-state index in [0.29, 0.717) is 0 Å². The molecular weight excluding hydrogens is 102 g/mol. The fourth-order valence-corrected chi connectivity index (χ4v) is 0.395. The van der Waals surface area contributed by atoms with Crippen LogP contribution < -0.4 is 5.32 Å². The lowest BCUT2D eigenvalue weighted by Gasteiger charge is -1.92. The van der Waals surface area contributed by atoms with Crippen LogP contribution in [0.5, 0.6) is 0 Å². The second kappa shape index (κ2) is 2.26. The molecule has 1 heterocycles. The van der Waals surface area contributed by atoms with Crippen LogP contribution >= 0.6 is 0 Å². The second-order valence-electron chi connectivity index (χ2n) is 1.31. The molecule has 8 heavy (non-hydrogen) atoms. The first-order valence-corrected chi connectivity index (χ1v) is 2.23. The average molecular weight is 108 g/mol. The van der Waals surface area contributed by atoms with Gasteiger partial charge in [-0.3, -0.25) is 0 Å². The van der Waals surface area contributed by atoms with Crippen molar-refractivity contribution in [3.8, 4) is 0 Å². The number of nitrogens with zero attached hydrogens (tertiary/aromatic N) is 2. The molecule has 0 unspecified atom stereocenters. The Bertz CT molecular complexity index is 149. The summed E-state index contributed by atoms with van der Waals surface area (Å²) in [6.45, 7) is 0. The van der Waals surface area contributed by atoms with Gasteiger partial charge in [0.15, 0.2) is 0 Å². The van der Waals surface area contributed by atoms with Crippen molar-refractivity contribution in [1.82, 2.24) is 10.2 Å². The molecule has 3 nitrogen and oxygen atoms in total. The summed E-state index contributed by atoms with van der Waals surface area (Å²) in [5, 5.41) is 9.85. The van der Waals surface area contributed by atoms with Crippen molar-refractivity contribution in [2.24, 2.45) is 0 Å². The summed E-state index contributed by atoms with van der Waals surface area (Å²) in [6, 6.07) is 1.79. The van der Waals surface area contributed by atoms with Crippen molar-refractivity contribution in [3.63, 3.8) is 0 Å². The van der Waals surface area contributed by atoms with E-state index in [1.54, 1.807) is 18.5 Å². The fraction of sp³-hybridized carbons (Fsp3) is 0. The van der Waals surface area contributed by atoms with E-state index in [9.17, 15) is 0 Å². The van der Waals surface area contributed by atoms with Gasteiger partial charge in [-0.2, -0.15) is 10.2 Å². The summed E-state index contributed by atoms with van der Waals surface area (Å²) >= 11 is 0. The molecule has 0 aliphatic carbocycles. The summed E-state index contributed by atoms with van der Waals surface area (Å²) in [7, 11) is 3.44. The molecule has 1 aromatic heterocycles. The Kier molecular flexibility index (Phi) is 1.42. The number of hydrogen-bond donors (Lipinski definition) is 1. The van der Waals surface area contributed by atoms with Gasteiger partial charge in [-0.25, -0.2) is 0 Å². The quantitative estimate of drug-likeness (QED) is 0.574. The smallest absolute Gasteiger partial charge is 0.0727 e. The predicted octanol–water partition coefficient (Wildman–Crippen LogP) is 0.680. The standard InChI is InChI=1S/C5H6N3/c1-6-5-2-3-7-8-4-5/h2-4H,1H2,(H,6,7). The molecule has 0 aromatic carbocycles. The van der Waals surface area contributed by atoms with E-state index in [0.717, 1.165) is 5.69 Å². The van der Waals surface area contributed by atoms with Crippen LogP contribution in [0.1, 0.15) is 0 Å². The van der Waals surface area contributed by atoms with Crippen molar-refractivity contribution >= 4 is 5.69 Å². The molecule has 1 aromatic rings. The van der Waals surface area contributed by atoms with Gasteiger partial charge in [0.05, 0.1) is 18.1 Å². The third-order valence-electron chi connectivity index (χ3n) is 0.788. The molecule has 0 bridgehead atoms. The Hall–Kier alpha value is -1.12. The van der Waals surface area contributed by atoms with Crippen LogP contribution in [0.3, 0.4) is 0 Å². The highest BCUT2D eigenvalue weighted by Gasteiger charge is 1.80. The normalized spacial score (nSPS) is 8.62. The van der Waals surface area contributed by atoms with Crippen molar-refractivity contribution < 1.29 is 0 Å². The van der Waals surface area contributed by atoms with Crippen molar-refractivity contribution in [1.29, 1.82) is 0 Å². The minimum absolute atomic E-state index is 0.875. The van der Waals surface area contributed by atoms with E-state index in [2.05, 4.69) is 22.6 Å². The summed E-state index contributed by atoms with van der Waals surface area (Å²) in [5.74, 6) is 0. The fourth-order valence-electron chi connectivity index (χ4n) is 0.395. The van der Waals surface area contributed by atoms with Gasteiger partial charge in [0.1, 0.15) is 0 Å². The summed E-state index contributed by atoms with van der Waals surface area (Å²) < 4.78 is 0. The molecule has 0 saturated heterocycles. The first kappa shape index (κ1) is 5.03. The highest BCUT2D eigenvalue weighted by Crippen LogP contribution is 1.97. The van der Waals surface area contributed by atoms with Gasteiger partial charge in [0, 0.05) is 7.05 Å². The third kappa shape index (κ3) is 0.932. The minimum Gasteiger partial charge on any atom is -0.382 e. The lowest BCUT2D eigenvalue weighted by atomic mass is 10.5. The predicted molar refractivity (Wildman–Crippen MR) is 31.0 cm³/mol. The van der Waals surface area contributed by atoms with Crippen LogP contribution in [0.4, 0.5) is 5.69 Å². The Labute approximate surface area is 47.8 Å². The Morgan fingerprint density at radius 2 is 2.38 bits per heavy atom. The maximum atomic E-state index is 3.60. The largest absolute Gasteiger partial charge is 0.382 e. The maximum Gasteiger partial charge on any atom is 0.0727 e. The molecule has 0 atom stereocenters. The number of aromatic nitrogens is 2. The molecule has 0 saturated carbocycles. The number of rotatable bonds is 1. The molecule has 0 aliphatic heterocycles. The van der Waals surface area contributed by atoms with E-state index in [-0.39, 0.29) is 0 Å². The van der Waals surface area contributed by atoms with E-state index in [1.807, 2.05) is 0 Å². The van der Waals surface area contributed by atoms with Gasteiger partial charge >= 0.3 is 0 Å². The Morgan fingerprint density at radius 3 is 2.75 bits per heavy atom. The highest BCUT2D eigenvalue weighted by molar-refractivity contribution is 5.38. The Balaban J connectivity index is 2.83. The number of hydrogen-bond acceptors (Lipinski definition) is 3. The van der Waals surface area contributed by atoms with Crippen LogP contribution in [0, 0.1) is 7.05 Å². The Morgan fingerprint density at radius 1 is 1.50 bits per heavy atom. The second-order valence-corrected chi connectivity index (χ2v) is 1.31. The van der Waals surface area contributed by atoms with Crippen molar-refractivity contribution in [2.45, 2.75) is 0 Å². The number of anilines is 1. The molecule has 0 fully saturated rings. The third-order valence-corrected chi connectivity index (χ3v) is 0.788. The van der Waals surface area contributed by atoms with Gasteiger partial charge in [0.2, 0.25) is 0 Å². The van der Waals surface area contributed by atoms with E-state index in [1.165, 1.54) is 0 Å². The van der Waals surface area contributed by atoms with Gasteiger partial charge in [-0.1, -0.05) is 0 Å². The van der Waals surface area contributed by atoms with Gasteiger partial charge in [-0.05, 0) is 6.07 Å². The maximum absolute atomic E-state index is 3.60. The van der Waals surface area contributed by atoms with Crippen LogP contribution in [0.15, 0.2) is 18.5 Å². The van der Waals surface area contributed by atoms with Gasteiger partial charge in [0.25, 0.3) is 0 Å². The first-order valence-electron chi connectivity index (χ1n) is 2.23. The molecule has 1 N–H and O–H groups in total. The topological polar surface area (TPSA) is 37.8 Å². The minimum atomic E-state index is 0.875. The van der Waals surface area contributed by atoms with Gasteiger partial charge < -0.3 is 5.32 Å². The molecule has 3 heteroatoms. The SMILES string of the molecule is [CH2]Nc1ccnnc1. The molecule has 0 spiro atoms. The van der Waals surface area contributed by atoms with E-state index >= 15 is 0 Å². The molecule has 41 valence electrons. The summed E-state index contributed by atoms with van der Waals surface area (Å²) in [6.07, 6.45) is 3.21. The lowest BCUT2D eigenvalue weighted by molar-refractivity contribution is 1.03. The van der Waals surface area contributed by atoms with Crippen LogP contribution in [-0.4, -0.2) is 10.2 Å². The van der Waals surface area contributed by atoms with Crippen molar-refractivity contribution in [3.05, 3.63) is 25.5 Å². The highest BCUT2D eigenvalue weighted by atomic mass is 15.1. The zero-order valence-corrected chi connectivity index (χ0v) is 4.33. The monoisotopic (exact) mass is 108 g/mol. The zero-order valence-electron chi connectivity index (χ0n) is 4.33. The zero-order chi connectivity index (χ0) is 5.82. The summed E-state index contributed by atoms with van der Waals surface area (Å²) in [5.41, 5.74) is 0.875. The molecular formula is C5H6N3. The van der Waals surface area contributed by atoms with Crippen LogP contribution in [0.25, 0.3) is 0 Å². The van der Waals surface area contributed by atoms with Crippen LogP contribution in [-0.2, 0) is 0 Å². The molecule has 0 aliphatic rings. The number of nitrogens with one attached hydrogen (secondary N) is 1. The first-order chi connectivity index (χ1) is 3.93. The summed E-state index contributed by atoms with van der Waals surface area (Å²) in [4.78, 5) is 0. The van der Waals surface area contributed by atoms with E-state index in [4.69, 9.17) is 0 Å². The lowest BCUT2D eigenvalue weighted by Crippen LogP contribution is -1.85. The average Bonchev–Trinajstić information content (AvgIpc) is 1.90. The van der Waals surface area contributed by atoms with Gasteiger partial charge in [-0.15, -0.1) is 0 Å². The van der Waals surface area contributed by atoms with E-state index < -0.39 is 0 Å². The van der Waals surface area contributed by atoms with Crippen LogP contribution in [0.2, 0.25) is 0 Å². The van der Waals surface area contributed by atoms with Crippen molar-refractivity contribution in [2.75, 3.05) is 5.32 Å². The molecule has 0 amide bonds.